The lowest BCUT2D eigenvalue weighted by molar-refractivity contribution is 0.369. The van der Waals surface area contributed by atoms with Crippen LogP contribution in [0.1, 0.15) is 38.3 Å². The third-order valence-corrected chi connectivity index (χ3v) is 8.67. The number of benzene rings is 2. The van der Waals surface area contributed by atoms with E-state index in [1.165, 1.54) is 6.07 Å². The Bertz CT molecular complexity index is 1490. The number of hydrogen-bond donors (Lipinski definition) is 3. The average Bonchev–Trinajstić information content (AvgIpc) is 2.83. The third kappa shape index (κ3) is 6.43. The van der Waals surface area contributed by atoms with Crippen molar-refractivity contribution in [2.24, 2.45) is 0 Å². The number of anilines is 5. The van der Waals surface area contributed by atoms with Crippen molar-refractivity contribution in [2.75, 3.05) is 35.5 Å². The fourth-order valence-electron chi connectivity index (χ4n) is 3.74. The van der Waals surface area contributed by atoms with E-state index >= 15 is 0 Å². The second-order valence-electron chi connectivity index (χ2n) is 10.3. The molecule has 3 aromatic rings. The van der Waals surface area contributed by atoms with Crippen molar-refractivity contribution in [1.29, 1.82) is 0 Å². The highest BCUT2D eigenvalue weighted by Crippen LogP contribution is 2.31. The second-order valence-corrected chi connectivity index (χ2v) is 13.2. The van der Waals surface area contributed by atoms with Crippen LogP contribution in [0.2, 0.25) is 5.02 Å². The molecule has 1 aliphatic heterocycles. The van der Waals surface area contributed by atoms with E-state index in [9.17, 15) is 12.8 Å². The van der Waals surface area contributed by atoms with E-state index in [0.717, 1.165) is 30.6 Å². The number of aromatic nitrogens is 2. The Balaban J connectivity index is 1.52. The molecule has 11 heteroatoms. The monoisotopic (exact) mass is 558 g/mol. The molecule has 3 N–H and O–H groups in total. The Morgan fingerprint density at radius 1 is 1.08 bits per heavy atom. The van der Waals surface area contributed by atoms with Crippen molar-refractivity contribution in [3.8, 4) is 0 Å². The topological polar surface area (TPSA) is 99.2 Å². The van der Waals surface area contributed by atoms with Gasteiger partial charge in [-0.1, -0.05) is 17.7 Å². The molecule has 1 aromatic heterocycles. The van der Waals surface area contributed by atoms with Gasteiger partial charge in [-0.2, -0.15) is 4.98 Å². The van der Waals surface area contributed by atoms with Crippen molar-refractivity contribution >= 4 is 56.0 Å². The van der Waals surface area contributed by atoms with Crippen LogP contribution in [-0.2, 0) is 10.0 Å². The molecule has 0 saturated carbocycles. The van der Waals surface area contributed by atoms with Gasteiger partial charge in [-0.15, -0.1) is 0 Å². The standard InChI is InChI=1S/C27H32ClFN6O2S/c1-17-16-30-26(32-19-6-8-21(23(29)14-19)18-10-12-35(5)13-11-18)33-25(17)31-20-7-9-22(28)24(15-20)34-38(36,37)27(2,3)4/h6-10,14-16,34H,11-13H2,1-5H3,(H2,30,31,32,33). The number of halogens is 2. The number of rotatable bonds is 7. The van der Waals surface area contributed by atoms with Crippen molar-refractivity contribution in [2.45, 2.75) is 38.9 Å². The van der Waals surface area contributed by atoms with Crippen molar-refractivity contribution in [3.05, 3.63) is 70.6 Å². The Labute approximate surface area is 228 Å². The van der Waals surface area contributed by atoms with Crippen molar-refractivity contribution < 1.29 is 12.8 Å². The molecule has 38 heavy (non-hydrogen) atoms. The number of nitrogens with zero attached hydrogens (tertiary/aromatic N) is 3. The minimum Gasteiger partial charge on any atom is -0.340 e. The SMILES string of the molecule is Cc1cnc(Nc2ccc(C3=CCN(C)CC3)c(F)c2)nc1Nc1ccc(Cl)c(NS(=O)(=O)C(C)(C)C)c1. The van der Waals surface area contributed by atoms with Crippen molar-refractivity contribution in [3.63, 3.8) is 0 Å². The van der Waals surface area contributed by atoms with Crippen LogP contribution in [0.25, 0.3) is 5.57 Å². The van der Waals surface area contributed by atoms with Crippen LogP contribution in [0.4, 0.5) is 33.2 Å². The molecular weight excluding hydrogens is 527 g/mol. The number of hydrogen-bond acceptors (Lipinski definition) is 7. The van der Waals surface area contributed by atoms with Crippen LogP contribution >= 0.6 is 11.6 Å². The average molecular weight is 559 g/mol. The highest BCUT2D eigenvalue weighted by Gasteiger charge is 2.29. The van der Waals surface area contributed by atoms with Gasteiger partial charge in [-0.3, -0.25) is 4.72 Å². The summed E-state index contributed by atoms with van der Waals surface area (Å²) in [6, 6.07) is 9.95. The lowest BCUT2D eigenvalue weighted by Crippen LogP contribution is -2.33. The van der Waals surface area contributed by atoms with Gasteiger partial charge in [0, 0.05) is 41.8 Å². The fraction of sp³-hybridized carbons (Fsp3) is 0.333. The third-order valence-electron chi connectivity index (χ3n) is 6.23. The first kappa shape index (κ1) is 27.8. The predicted molar refractivity (Wildman–Crippen MR) is 154 cm³/mol. The minimum atomic E-state index is -3.66. The smallest absolute Gasteiger partial charge is 0.237 e. The highest BCUT2D eigenvalue weighted by atomic mass is 35.5. The molecule has 0 fully saturated rings. The van der Waals surface area contributed by atoms with Gasteiger partial charge >= 0.3 is 0 Å². The number of sulfonamides is 1. The molecule has 4 rings (SSSR count). The quantitative estimate of drug-likeness (QED) is 0.312. The fourth-order valence-corrected chi connectivity index (χ4v) is 4.73. The molecule has 0 radical (unpaired) electrons. The van der Waals surface area contributed by atoms with E-state index < -0.39 is 14.8 Å². The second kappa shape index (κ2) is 10.9. The molecule has 0 saturated heterocycles. The van der Waals surface area contributed by atoms with E-state index in [0.29, 0.717) is 22.8 Å². The van der Waals surface area contributed by atoms with E-state index in [1.807, 2.05) is 14.0 Å². The maximum atomic E-state index is 14.9. The summed E-state index contributed by atoms with van der Waals surface area (Å²) in [5.41, 5.74) is 3.74. The van der Waals surface area contributed by atoms with Crippen LogP contribution < -0.4 is 15.4 Å². The molecule has 0 amide bonds. The van der Waals surface area contributed by atoms with Crippen LogP contribution in [0.3, 0.4) is 0 Å². The Morgan fingerprint density at radius 2 is 1.79 bits per heavy atom. The van der Waals surface area contributed by atoms with Gasteiger partial charge in [-0.25, -0.2) is 17.8 Å². The molecular formula is C27H32ClFN6O2S. The van der Waals surface area contributed by atoms with Crippen molar-refractivity contribution in [1.82, 2.24) is 14.9 Å². The minimum absolute atomic E-state index is 0.256. The summed E-state index contributed by atoms with van der Waals surface area (Å²) in [5.74, 6) is 0.483. The number of nitrogens with one attached hydrogen (secondary N) is 3. The Morgan fingerprint density at radius 3 is 2.45 bits per heavy atom. The van der Waals surface area contributed by atoms with Gasteiger partial charge < -0.3 is 15.5 Å². The maximum Gasteiger partial charge on any atom is 0.237 e. The van der Waals surface area contributed by atoms with Crippen LogP contribution in [0, 0.1) is 12.7 Å². The molecule has 0 unspecified atom stereocenters. The largest absolute Gasteiger partial charge is 0.340 e. The van der Waals surface area contributed by atoms with Gasteiger partial charge in [0.15, 0.2) is 0 Å². The summed E-state index contributed by atoms with van der Waals surface area (Å²) < 4.78 is 41.7. The van der Waals surface area contributed by atoms with Gasteiger partial charge in [0.25, 0.3) is 0 Å². The lowest BCUT2D eigenvalue weighted by atomic mass is 9.99. The van der Waals surface area contributed by atoms with Gasteiger partial charge in [-0.05, 0) is 83.1 Å². The van der Waals surface area contributed by atoms with Gasteiger partial charge in [0.1, 0.15) is 11.6 Å². The normalized spacial score (nSPS) is 14.7. The van der Waals surface area contributed by atoms with Crippen LogP contribution in [0.5, 0.6) is 0 Å². The van der Waals surface area contributed by atoms with E-state index in [1.54, 1.807) is 57.3 Å². The molecule has 0 atom stereocenters. The maximum absolute atomic E-state index is 14.9. The molecule has 0 spiro atoms. The zero-order valence-corrected chi connectivity index (χ0v) is 23.6. The Kier molecular flexibility index (Phi) is 7.96. The number of likely N-dealkylation sites (N-methyl/N-ethyl adjacent to an activating group) is 1. The zero-order chi connectivity index (χ0) is 27.7. The van der Waals surface area contributed by atoms with Crippen LogP contribution in [-0.4, -0.2) is 48.2 Å². The molecule has 0 bridgehead atoms. The zero-order valence-electron chi connectivity index (χ0n) is 22.1. The van der Waals surface area contributed by atoms with E-state index in [4.69, 9.17) is 11.6 Å². The van der Waals surface area contributed by atoms with Gasteiger partial charge in [0.05, 0.1) is 15.5 Å². The summed E-state index contributed by atoms with van der Waals surface area (Å²) in [6.45, 7) is 8.37. The summed E-state index contributed by atoms with van der Waals surface area (Å²) in [4.78, 5) is 11.0. The first-order valence-electron chi connectivity index (χ1n) is 12.2. The molecule has 2 heterocycles. The molecule has 1 aliphatic rings. The van der Waals surface area contributed by atoms with E-state index in [2.05, 4.69) is 36.3 Å². The predicted octanol–water partition coefficient (Wildman–Crippen LogP) is 6.32. The summed E-state index contributed by atoms with van der Waals surface area (Å²) in [5, 5.41) is 6.52. The lowest BCUT2D eigenvalue weighted by Gasteiger charge is -2.22. The summed E-state index contributed by atoms with van der Waals surface area (Å²) >= 11 is 6.26. The van der Waals surface area contributed by atoms with Gasteiger partial charge in [0.2, 0.25) is 16.0 Å². The number of aryl methyl sites for hydroxylation is 1. The Hall–Kier alpha value is -3.21. The molecule has 202 valence electrons. The highest BCUT2D eigenvalue weighted by molar-refractivity contribution is 7.94. The first-order valence-corrected chi connectivity index (χ1v) is 14.1. The van der Waals surface area contributed by atoms with Crippen LogP contribution in [0.15, 0.2) is 48.7 Å². The molecule has 8 nitrogen and oxygen atoms in total. The molecule has 0 aliphatic carbocycles. The first-order chi connectivity index (χ1) is 17.8. The summed E-state index contributed by atoms with van der Waals surface area (Å²) in [7, 11) is -1.62. The summed E-state index contributed by atoms with van der Waals surface area (Å²) in [6.07, 6.45) is 4.51. The molecule has 2 aromatic carbocycles. The van der Waals surface area contributed by atoms with E-state index in [-0.39, 0.29) is 22.5 Å².